The molecule has 0 amide bonds. The molecule has 0 spiro atoms. The molecule has 0 bridgehead atoms. The van der Waals surface area contributed by atoms with Gasteiger partial charge in [0.1, 0.15) is 11.6 Å². The highest BCUT2D eigenvalue weighted by Crippen LogP contribution is 2.38. The van der Waals surface area contributed by atoms with Crippen LogP contribution < -0.4 is 5.73 Å². The van der Waals surface area contributed by atoms with Crippen molar-refractivity contribution in [3.63, 3.8) is 0 Å². The van der Waals surface area contributed by atoms with Crippen molar-refractivity contribution >= 4 is 5.69 Å². The Morgan fingerprint density at radius 1 is 0.864 bits per heavy atom. The predicted molar refractivity (Wildman–Crippen MR) is 88.1 cm³/mol. The van der Waals surface area contributed by atoms with Crippen molar-refractivity contribution in [1.82, 2.24) is 0 Å². The van der Waals surface area contributed by atoms with Gasteiger partial charge in [-0.1, -0.05) is 54.1 Å². The number of aromatic hydroxyl groups is 1. The number of phenolic OH excluding ortho intramolecular Hbond substituents is 1. The van der Waals surface area contributed by atoms with Gasteiger partial charge in [-0.25, -0.2) is 4.39 Å². The number of hydrogen-bond acceptors (Lipinski definition) is 2. The summed E-state index contributed by atoms with van der Waals surface area (Å²) < 4.78 is 13.7. The maximum Gasteiger partial charge on any atom is 0.146 e. The minimum absolute atomic E-state index is 0.0954. The van der Waals surface area contributed by atoms with E-state index in [0.717, 1.165) is 16.7 Å². The van der Waals surface area contributed by atoms with Crippen LogP contribution in [-0.4, -0.2) is 5.11 Å². The molecule has 0 saturated carbocycles. The summed E-state index contributed by atoms with van der Waals surface area (Å²) in [7, 11) is 0. The fraction of sp³-hybridized carbons (Fsp3) is 0.0526. The summed E-state index contributed by atoms with van der Waals surface area (Å²) in [6, 6.07) is 17.9. The van der Waals surface area contributed by atoms with Crippen LogP contribution in [0.5, 0.6) is 5.75 Å². The molecule has 22 heavy (non-hydrogen) atoms. The maximum atomic E-state index is 13.7. The Hall–Kier alpha value is -2.81. The third-order valence-electron chi connectivity index (χ3n) is 3.68. The van der Waals surface area contributed by atoms with Crippen LogP contribution in [0.25, 0.3) is 22.3 Å². The van der Waals surface area contributed by atoms with Crippen molar-refractivity contribution in [2.75, 3.05) is 5.73 Å². The first-order valence-electron chi connectivity index (χ1n) is 7.00. The van der Waals surface area contributed by atoms with Gasteiger partial charge in [0.2, 0.25) is 0 Å². The molecule has 0 aliphatic heterocycles. The molecule has 0 aromatic heterocycles. The van der Waals surface area contributed by atoms with Gasteiger partial charge in [0.15, 0.2) is 0 Å². The lowest BCUT2D eigenvalue weighted by Gasteiger charge is -2.11. The zero-order valence-electron chi connectivity index (χ0n) is 12.2. The highest BCUT2D eigenvalue weighted by Gasteiger charge is 2.12. The average molecular weight is 293 g/mol. The quantitative estimate of drug-likeness (QED) is 0.669. The molecule has 0 radical (unpaired) electrons. The first kappa shape index (κ1) is 14.1. The van der Waals surface area contributed by atoms with E-state index in [0.29, 0.717) is 11.1 Å². The monoisotopic (exact) mass is 293 g/mol. The Balaban J connectivity index is 2.15. The lowest BCUT2D eigenvalue weighted by atomic mass is 9.96. The van der Waals surface area contributed by atoms with Crippen molar-refractivity contribution in [3.05, 3.63) is 72.0 Å². The molecule has 3 N–H and O–H groups in total. The van der Waals surface area contributed by atoms with E-state index in [9.17, 15) is 9.50 Å². The summed E-state index contributed by atoms with van der Waals surface area (Å²) in [4.78, 5) is 0. The van der Waals surface area contributed by atoms with Crippen LogP contribution in [-0.2, 0) is 0 Å². The highest BCUT2D eigenvalue weighted by atomic mass is 19.1. The summed E-state index contributed by atoms with van der Waals surface area (Å²) in [5.74, 6) is -0.352. The molecule has 0 unspecified atom stereocenters. The Morgan fingerprint density at radius 3 is 2.14 bits per heavy atom. The van der Waals surface area contributed by atoms with Gasteiger partial charge in [0.25, 0.3) is 0 Å². The number of halogens is 1. The van der Waals surface area contributed by atoms with Gasteiger partial charge in [-0.15, -0.1) is 0 Å². The van der Waals surface area contributed by atoms with Gasteiger partial charge in [-0.3, -0.25) is 0 Å². The third-order valence-corrected chi connectivity index (χ3v) is 3.68. The fourth-order valence-electron chi connectivity index (χ4n) is 2.52. The Bertz CT molecular complexity index is 843. The number of para-hydroxylation sites is 1. The number of rotatable bonds is 2. The zero-order chi connectivity index (χ0) is 15.7. The van der Waals surface area contributed by atoms with Gasteiger partial charge < -0.3 is 10.8 Å². The summed E-state index contributed by atoms with van der Waals surface area (Å²) in [5, 5.41) is 10.6. The van der Waals surface area contributed by atoms with Crippen LogP contribution in [0.1, 0.15) is 5.56 Å². The van der Waals surface area contributed by atoms with Gasteiger partial charge in [-0.05, 0) is 30.2 Å². The van der Waals surface area contributed by atoms with E-state index in [2.05, 4.69) is 0 Å². The van der Waals surface area contributed by atoms with Crippen LogP contribution in [0.4, 0.5) is 10.1 Å². The van der Waals surface area contributed by atoms with E-state index in [1.165, 1.54) is 12.1 Å². The molecular weight excluding hydrogens is 277 g/mol. The largest absolute Gasteiger partial charge is 0.507 e. The number of phenols is 1. The molecule has 0 saturated heterocycles. The minimum Gasteiger partial charge on any atom is -0.507 e. The molecule has 0 atom stereocenters. The summed E-state index contributed by atoms with van der Waals surface area (Å²) in [6.45, 7) is 2.00. The number of nitrogens with two attached hydrogens (primary N) is 1. The summed E-state index contributed by atoms with van der Waals surface area (Å²) in [6.07, 6.45) is 0. The Labute approximate surface area is 128 Å². The Morgan fingerprint density at radius 2 is 1.50 bits per heavy atom. The molecule has 0 fully saturated rings. The molecule has 0 aliphatic rings. The average Bonchev–Trinajstić information content (AvgIpc) is 2.50. The molecule has 3 aromatic rings. The van der Waals surface area contributed by atoms with E-state index in [1.807, 2.05) is 43.3 Å². The van der Waals surface area contributed by atoms with Gasteiger partial charge >= 0.3 is 0 Å². The normalized spacial score (nSPS) is 10.6. The standard InChI is InChI=1S/C19H16FNO/c1-12-4-2-5-13(10-12)15-6-3-7-16(19(15)22)14-8-9-18(21)17(20)11-14/h2-11,22H,21H2,1H3. The topological polar surface area (TPSA) is 46.2 Å². The van der Waals surface area contributed by atoms with Gasteiger partial charge in [-0.2, -0.15) is 0 Å². The predicted octanol–water partition coefficient (Wildman–Crippen LogP) is 4.76. The number of nitrogen functional groups attached to an aromatic ring is 1. The van der Waals surface area contributed by atoms with E-state index < -0.39 is 5.82 Å². The molecule has 110 valence electrons. The molecule has 2 nitrogen and oxygen atoms in total. The number of benzene rings is 3. The van der Waals surface area contributed by atoms with E-state index >= 15 is 0 Å². The lowest BCUT2D eigenvalue weighted by Crippen LogP contribution is -1.91. The van der Waals surface area contributed by atoms with Crippen LogP contribution >= 0.6 is 0 Å². The van der Waals surface area contributed by atoms with E-state index in [4.69, 9.17) is 5.73 Å². The number of aryl methyl sites for hydroxylation is 1. The van der Waals surface area contributed by atoms with Crippen molar-refractivity contribution < 1.29 is 9.50 Å². The van der Waals surface area contributed by atoms with Gasteiger partial charge in [0, 0.05) is 11.1 Å². The Kier molecular flexibility index (Phi) is 3.55. The van der Waals surface area contributed by atoms with Crippen LogP contribution in [0.3, 0.4) is 0 Å². The second-order valence-corrected chi connectivity index (χ2v) is 5.31. The van der Waals surface area contributed by atoms with Crippen molar-refractivity contribution in [3.8, 4) is 28.0 Å². The number of anilines is 1. The van der Waals surface area contributed by atoms with E-state index in [1.54, 1.807) is 12.1 Å². The van der Waals surface area contributed by atoms with Crippen molar-refractivity contribution in [2.45, 2.75) is 6.92 Å². The minimum atomic E-state index is -0.488. The van der Waals surface area contributed by atoms with Crippen molar-refractivity contribution in [1.29, 1.82) is 0 Å². The van der Waals surface area contributed by atoms with Gasteiger partial charge in [0.05, 0.1) is 5.69 Å². The van der Waals surface area contributed by atoms with E-state index in [-0.39, 0.29) is 11.4 Å². The molecule has 0 aliphatic carbocycles. The van der Waals surface area contributed by atoms with Crippen LogP contribution in [0, 0.1) is 12.7 Å². The maximum absolute atomic E-state index is 13.7. The molecule has 3 aromatic carbocycles. The first-order valence-corrected chi connectivity index (χ1v) is 7.00. The molecule has 0 heterocycles. The molecule has 3 heteroatoms. The lowest BCUT2D eigenvalue weighted by molar-refractivity contribution is 0.479. The van der Waals surface area contributed by atoms with Crippen LogP contribution in [0.15, 0.2) is 60.7 Å². The summed E-state index contributed by atoms with van der Waals surface area (Å²) in [5.41, 5.74) is 9.54. The number of hydrogen-bond donors (Lipinski definition) is 2. The smallest absolute Gasteiger partial charge is 0.146 e. The SMILES string of the molecule is Cc1cccc(-c2cccc(-c3ccc(N)c(F)c3)c2O)c1. The summed E-state index contributed by atoms with van der Waals surface area (Å²) >= 11 is 0. The molecular formula is C19H16FNO. The second-order valence-electron chi connectivity index (χ2n) is 5.31. The van der Waals surface area contributed by atoms with Crippen LogP contribution in [0.2, 0.25) is 0 Å². The third kappa shape index (κ3) is 2.53. The highest BCUT2D eigenvalue weighted by molar-refractivity contribution is 5.82. The molecule has 3 rings (SSSR count). The second kappa shape index (κ2) is 5.53. The zero-order valence-corrected chi connectivity index (χ0v) is 12.2. The first-order chi connectivity index (χ1) is 10.6. The van der Waals surface area contributed by atoms with Crippen molar-refractivity contribution in [2.24, 2.45) is 0 Å². The fourth-order valence-corrected chi connectivity index (χ4v) is 2.52.